The van der Waals surface area contributed by atoms with Crippen LogP contribution in [0.5, 0.6) is 0 Å². The molecule has 0 aromatic heterocycles. The molecule has 0 aliphatic carbocycles. The summed E-state index contributed by atoms with van der Waals surface area (Å²) in [6.07, 6.45) is 0. The smallest absolute Gasteiger partial charge is 0.0125 e. The van der Waals surface area contributed by atoms with E-state index in [1.165, 1.54) is 33.4 Å². The van der Waals surface area contributed by atoms with E-state index in [1.807, 2.05) is 0 Å². The minimum Gasteiger partial charge on any atom is -0.0614 e. The molecule has 0 saturated heterocycles. The van der Waals surface area contributed by atoms with Crippen molar-refractivity contribution in [2.24, 2.45) is 0 Å². The molecule has 0 amide bonds. The van der Waals surface area contributed by atoms with Gasteiger partial charge in [-0.05, 0) is 49.9 Å². The first-order chi connectivity index (χ1) is 7.58. The molecule has 0 atom stereocenters. The van der Waals surface area contributed by atoms with E-state index in [0.29, 0.717) is 0 Å². The van der Waals surface area contributed by atoms with E-state index in [9.17, 15) is 0 Å². The second kappa shape index (κ2) is 4.13. The molecule has 0 fully saturated rings. The van der Waals surface area contributed by atoms with Crippen molar-refractivity contribution in [3.8, 4) is 11.1 Å². The van der Waals surface area contributed by atoms with E-state index in [0.717, 1.165) is 0 Å². The predicted molar refractivity (Wildman–Crippen MR) is 70.8 cm³/mol. The van der Waals surface area contributed by atoms with Gasteiger partial charge >= 0.3 is 0 Å². The number of aryl methyl sites for hydroxylation is 4. The number of benzene rings is 2. The molecule has 0 spiro atoms. The quantitative estimate of drug-likeness (QED) is 0.646. The summed E-state index contributed by atoms with van der Waals surface area (Å²) in [7, 11) is 0. The monoisotopic (exact) mass is 210 g/mol. The van der Waals surface area contributed by atoms with Crippen LogP contribution in [-0.4, -0.2) is 0 Å². The fourth-order valence-electron chi connectivity index (χ4n) is 2.44. The summed E-state index contributed by atoms with van der Waals surface area (Å²) < 4.78 is 0. The lowest BCUT2D eigenvalue weighted by atomic mass is 9.93. The lowest BCUT2D eigenvalue weighted by Crippen LogP contribution is -1.90. The van der Waals surface area contributed by atoms with E-state index in [4.69, 9.17) is 0 Å². The van der Waals surface area contributed by atoms with Gasteiger partial charge in [-0.3, -0.25) is 0 Å². The molecule has 0 aliphatic rings. The van der Waals surface area contributed by atoms with Gasteiger partial charge in [-0.1, -0.05) is 47.5 Å². The molecule has 0 heteroatoms. The van der Waals surface area contributed by atoms with Gasteiger partial charge in [-0.2, -0.15) is 0 Å². The van der Waals surface area contributed by atoms with Crippen LogP contribution in [0.4, 0.5) is 0 Å². The van der Waals surface area contributed by atoms with Crippen molar-refractivity contribution in [3.05, 3.63) is 58.7 Å². The van der Waals surface area contributed by atoms with Gasteiger partial charge in [0, 0.05) is 0 Å². The van der Waals surface area contributed by atoms with Crippen molar-refractivity contribution in [2.45, 2.75) is 27.7 Å². The largest absolute Gasteiger partial charge is 0.0614 e. The minimum atomic E-state index is 1.32. The molecule has 0 saturated carbocycles. The SMILES string of the molecule is Cc1cccc(-c2c(C)cc(C)cc2C)c1. The maximum absolute atomic E-state index is 2.25. The minimum absolute atomic E-state index is 1.32. The Bertz CT molecular complexity index is 498. The van der Waals surface area contributed by atoms with E-state index in [-0.39, 0.29) is 0 Å². The number of rotatable bonds is 1. The van der Waals surface area contributed by atoms with Crippen molar-refractivity contribution < 1.29 is 0 Å². The van der Waals surface area contributed by atoms with Crippen LogP contribution in [0.2, 0.25) is 0 Å². The Balaban J connectivity index is 2.64. The van der Waals surface area contributed by atoms with Crippen molar-refractivity contribution in [3.63, 3.8) is 0 Å². The zero-order chi connectivity index (χ0) is 11.7. The Kier molecular flexibility index (Phi) is 2.82. The van der Waals surface area contributed by atoms with E-state index in [2.05, 4.69) is 64.1 Å². The Labute approximate surface area is 97.9 Å². The fraction of sp³-hybridized carbons (Fsp3) is 0.250. The van der Waals surface area contributed by atoms with Crippen molar-refractivity contribution in [1.29, 1.82) is 0 Å². The molecular weight excluding hydrogens is 192 g/mol. The molecule has 2 aromatic carbocycles. The third kappa shape index (κ3) is 2.01. The molecule has 2 rings (SSSR count). The van der Waals surface area contributed by atoms with Crippen LogP contribution >= 0.6 is 0 Å². The number of hydrogen-bond acceptors (Lipinski definition) is 0. The maximum atomic E-state index is 2.25. The van der Waals surface area contributed by atoms with Gasteiger partial charge in [0.2, 0.25) is 0 Å². The first-order valence-electron chi connectivity index (χ1n) is 5.73. The Morgan fingerprint density at radius 2 is 1.31 bits per heavy atom. The molecule has 82 valence electrons. The van der Waals surface area contributed by atoms with Gasteiger partial charge < -0.3 is 0 Å². The van der Waals surface area contributed by atoms with Crippen molar-refractivity contribution >= 4 is 0 Å². The number of hydrogen-bond donors (Lipinski definition) is 0. The maximum Gasteiger partial charge on any atom is -0.0125 e. The van der Waals surface area contributed by atoms with E-state index >= 15 is 0 Å². The third-order valence-corrected chi connectivity index (χ3v) is 2.98. The second-order valence-electron chi connectivity index (χ2n) is 4.64. The highest BCUT2D eigenvalue weighted by molar-refractivity contribution is 5.71. The van der Waals surface area contributed by atoms with Crippen molar-refractivity contribution in [1.82, 2.24) is 0 Å². The molecule has 0 N–H and O–H groups in total. The van der Waals surface area contributed by atoms with Gasteiger partial charge in [0.15, 0.2) is 0 Å². The molecule has 0 nitrogen and oxygen atoms in total. The Hall–Kier alpha value is -1.56. The third-order valence-electron chi connectivity index (χ3n) is 2.98. The standard InChI is InChI=1S/C16H18/c1-11-6-5-7-15(10-11)16-13(3)8-12(2)9-14(16)4/h5-10H,1-4H3. The van der Waals surface area contributed by atoms with Crippen LogP contribution < -0.4 is 0 Å². The van der Waals surface area contributed by atoms with E-state index in [1.54, 1.807) is 0 Å². The summed E-state index contributed by atoms with van der Waals surface area (Å²) in [4.78, 5) is 0. The molecule has 0 unspecified atom stereocenters. The topological polar surface area (TPSA) is 0 Å². The normalized spacial score (nSPS) is 10.5. The molecular formula is C16H18. The lowest BCUT2D eigenvalue weighted by Gasteiger charge is -2.12. The first kappa shape index (κ1) is 10.9. The van der Waals surface area contributed by atoms with Crippen LogP contribution in [0.15, 0.2) is 36.4 Å². The molecule has 0 heterocycles. The van der Waals surface area contributed by atoms with Crippen LogP contribution in [-0.2, 0) is 0 Å². The summed E-state index contributed by atoms with van der Waals surface area (Å²) in [5.41, 5.74) is 8.10. The Morgan fingerprint density at radius 1 is 0.688 bits per heavy atom. The average molecular weight is 210 g/mol. The summed E-state index contributed by atoms with van der Waals surface area (Å²) in [5, 5.41) is 0. The van der Waals surface area contributed by atoms with Crippen LogP contribution in [0.3, 0.4) is 0 Å². The average Bonchev–Trinajstić information content (AvgIpc) is 2.15. The second-order valence-corrected chi connectivity index (χ2v) is 4.64. The zero-order valence-corrected chi connectivity index (χ0v) is 10.5. The Morgan fingerprint density at radius 3 is 1.88 bits per heavy atom. The summed E-state index contributed by atoms with van der Waals surface area (Å²) in [6, 6.07) is 13.2. The van der Waals surface area contributed by atoms with Gasteiger partial charge in [0.25, 0.3) is 0 Å². The van der Waals surface area contributed by atoms with Gasteiger partial charge in [-0.25, -0.2) is 0 Å². The summed E-state index contributed by atoms with van der Waals surface area (Å²) in [5.74, 6) is 0. The zero-order valence-electron chi connectivity index (χ0n) is 10.5. The summed E-state index contributed by atoms with van der Waals surface area (Å²) >= 11 is 0. The highest BCUT2D eigenvalue weighted by Gasteiger charge is 2.06. The molecule has 0 bridgehead atoms. The molecule has 16 heavy (non-hydrogen) atoms. The lowest BCUT2D eigenvalue weighted by molar-refractivity contribution is 1.31. The fourth-order valence-corrected chi connectivity index (χ4v) is 2.44. The summed E-state index contributed by atoms with van der Waals surface area (Å²) in [6.45, 7) is 8.68. The van der Waals surface area contributed by atoms with Gasteiger partial charge in [0.05, 0.1) is 0 Å². The van der Waals surface area contributed by atoms with Gasteiger partial charge in [0.1, 0.15) is 0 Å². The highest BCUT2D eigenvalue weighted by Crippen LogP contribution is 2.28. The van der Waals surface area contributed by atoms with Crippen molar-refractivity contribution in [2.75, 3.05) is 0 Å². The van der Waals surface area contributed by atoms with Crippen LogP contribution in [0.25, 0.3) is 11.1 Å². The van der Waals surface area contributed by atoms with Gasteiger partial charge in [-0.15, -0.1) is 0 Å². The highest BCUT2D eigenvalue weighted by atomic mass is 14.1. The first-order valence-corrected chi connectivity index (χ1v) is 5.73. The van der Waals surface area contributed by atoms with E-state index < -0.39 is 0 Å². The molecule has 2 aromatic rings. The van der Waals surface area contributed by atoms with Crippen LogP contribution in [0.1, 0.15) is 22.3 Å². The predicted octanol–water partition coefficient (Wildman–Crippen LogP) is 4.59. The van der Waals surface area contributed by atoms with Crippen LogP contribution in [0, 0.1) is 27.7 Å². The molecule has 0 radical (unpaired) electrons. The molecule has 0 aliphatic heterocycles.